The molecular formula is C124H204N4O16Zn. The Morgan fingerprint density at radius 1 is 0.172 bits per heavy atom. The van der Waals surface area contributed by atoms with Crippen molar-refractivity contribution in [3.8, 4) is 0 Å². The number of hydrogen-bond acceptors (Lipinski definition) is 18. The summed E-state index contributed by atoms with van der Waals surface area (Å²) in [6, 6.07) is 6.79. The van der Waals surface area contributed by atoms with Crippen LogP contribution in [-0.2, 0) is 121 Å². The molecule has 5 rings (SSSR count). The molecule has 0 N–H and O–H groups in total. The predicted molar refractivity (Wildman–Crippen MR) is 591 cm³/mol. The fourth-order valence-electron chi connectivity index (χ4n) is 19.7. The van der Waals surface area contributed by atoms with E-state index in [-0.39, 0.29) is 169 Å². The summed E-state index contributed by atoms with van der Waals surface area (Å²) in [6.07, 6.45) is 73.5. The first-order chi connectivity index (χ1) is 70.6. The van der Waals surface area contributed by atoms with E-state index >= 15 is 38.4 Å². The first-order valence-corrected chi connectivity index (χ1v) is 60.0. The molecule has 0 spiro atoms. The van der Waals surface area contributed by atoms with Crippen LogP contribution in [0.5, 0.6) is 0 Å². The molecule has 145 heavy (non-hydrogen) atoms. The van der Waals surface area contributed by atoms with Gasteiger partial charge in [0.25, 0.3) is 0 Å². The zero-order valence-electron chi connectivity index (χ0n) is 93.6. The minimum Gasteiger partial charge on any atom is -0.657 e. The van der Waals surface area contributed by atoms with Gasteiger partial charge in [-0.3, -0.25) is 38.4 Å². The summed E-state index contributed by atoms with van der Waals surface area (Å²) in [5.74, 6) is -4.55. The van der Waals surface area contributed by atoms with Crippen molar-refractivity contribution < 1.29 is 95.7 Å². The minimum absolute atomic E-state index is 0. The van der Waals surface area contributed by atoms with E-state index in [1.54, 1.807) is 24.3 Å². The topological polar surface area (TPSA) is 264 Å². The van der Waals surface area contributed by atoms with E-state index in [1.165, 1.54) is 205 Å². The third kappa shape index (κ3) is 61.8. The third-order valence-corrected chi connectivity index (χ3v) is 28.6. The predicted octanol–water partition coefficient (Wildman–Crippen LogP) is 33.7. The van der Waals surface area contributed by atoms with Crippen LogP contribution in [0, 0.1) is 0 Å². The second-order valence-corrected chi connectivity index (χ2v) is 41.7. The van der Waals surface area contributed by atoms with Gasteiger partial charge in [0, 0.05) is 0 Å². The van der Waals surface area contributed by atoms with Crippen molar-refractivity contribution in [1.82, 2.24) is 19.9 Å². The van der Waals surface area contributed by atoms with Gasteiger partial charge in [0.05, 0.1) is 127 Å². The van der Waals surface area contributed by atoms with Crippen LogP contribution in [-0.4, -0.2) is 111 Å². The van der Waals surface area contributed by atoms with Gasteiger partial charge in [-0.15, -0.1) is 22.1 Å². The van der Waals surface area contributed by atoms with Gasteiger partial charge in [-0.05, 0) is 102 Å². The maximum atomic E-state index is 15.2. The Labute approximate surface area is 893 Å². The number of nitrogens with zero attached hydrogens (tertiary/aromatic N) is 4. The summed E-state index contributed by atoms with van der Waals surface area (Å²) in [5, 5.41) is 0. The van der Waals surface area contributed by atoms with Crippen molar-refractivity contribution in [1.29, 1.82) is 0 Å². The van der Waals surface area contributed by atoms with Crippen molar-refractivity contribution in [2.75, 3.05) is 52.9 Å². The van der Waals surface area contributed by atoms with Crippen molar-refractivity contribution in [3.63, 3.8) is 0 Å². The molecule has 20 nitrogen and oxygen atoms in total. The van der Waals surface area contributed by atoms with Crippen molar-refractivity contribution in [3.05, 3.63) is 69.3 Å². The van der Waals surface area contributed by atoms with E-state index in [1.807, 2.05) is 0 Å². The zero-order chi connectivity index (χ0) is 103. The molecule has 0 unspecified atom stereocenters. The normalized spacial score (nSPS) is 11.9. The van der Waals surface area contributed by atoms with Gasteiger partial charge in [0.2, 0.25) is 0 Å². The van der Waals surface area contributed by atoms with Gasteiger partial charge >= 0.3 is 67.2 Å². The van der Waals surface area contributed by atoms with Crippen LogP contribution >= 0.6 is 0 Å². The number of fused-ring (bicyclic) bond motifs is 8. The molecule has 5 heterocycles. The monoisotopic (exact) mass is 2070 g/mol. The summed E-state index contributed by atoms with van der Waals surface area (Å²) < 4.78 is 49.9. The van der Waals surface area contributed by atoms with Crippen LogP contribution in [0.2, 0.25) is 0 Å². The summed E-state index contributed by atoms with van der Waals surface area (Å²) >= 11 is 0. The largest absolute Gasteiger partial charge is 2.00 e. The van der Waals surface area contributed by atoms with Crippen LogP contribution in [0.1, 0.15) is 588 Å². The Hall–Kier alpha value is -7.02. The number of carbonyl (C=O) groups excluding carboxylic acids is 8. The Morgan fingerprint density at radius 2 is 0.297 bits per heavy atom. The molecule has 2 aliphatic rings. The van der Waals surface area contributed by atoms with Crippen LogP contribution in [0.4, 0.5) is 0 Å². The number of carbonyl (C=O) groups is 8. The molecule has 0 aromatic carbocycles. The van der Waals surface area contributed by atoms with E-state index in [4.69, 9.17) is 57.8 Å². The number of unbranched alkanes of at least 4 members (excludes halogenated alkanes) is 64. The van der Waals surface area contributed by atoms with Crippen molar-refractivity contribution in [2.45, 2.75) is 569 Å². The van der Waals surface area contributed by atoms with E-state index in [0.29, 0.717) is 95.9 Å². The fraction of sp³-hybridized carbons (Fsp3) is 0.774. The Kier molecular flexibility index (Phi) is 79.7. The Morgan fingerprint density at radius 3 is 0.448 bits per heavy atom. The molecule has 3 aromatic rings. The molecule has 0 saturated carbocycles. The van der Waals surface area contributed by atoms with Gasteiger partial charge in [-0.2, -0.15) is 0 Å². The van der Waals surface area contributed by atoms with Crippen molar-refractivity contribution in [2.24, 2.45) is 0 Å². The van der Waals surface area contributed by atoms with E-state index in [9.17, 15) is 0 Å². The van der Waals surface area contributed by atoms with Crippen LogP contribution in [0.3, 0.4) is 0 Å². The molecule has 818 valence electrons. The zero-order valence-corrected chi connectivity index (χ0v) is 96.5. The summed E-state index contributed by atoms with van der Waals surface area (Å²) in [4.78, 5) is 143. The molecule has 21 heteroatoms. The first-order valence-electron chi connectivity index (χ1n) is 60.0. The molecule has 2 aliphatic heterocycles. The third-order valence-electron chi connectivity index (χ3n) is 28.6. The number of aromatic nitrogens is 4. The molecule has 0 aliphatic carbocycles. The number of hydrogen-bond donors (Lipinski definition) is 0. The molecule has 0 radical (unpaired) electrons. The van der Waals surface area contributed by atoms with E-state index in [2.05, 4.69) is 55.4 Å². The molecule has 0 atom stereocenters. The molecule has 0 fully saturated rings. The summed E-state index contributed by atoms with van der Waals surface area (Å²) in [7, 11) is 0. The quantitative estimate of drug-likeness (QED) is 0.0220. The number of ether oxygens (including phenoxy) is 8. The maximum Gasteiger partial charge on any atom is 2.00 e. The van der Waals surface area contributed by atoms with Gasteiger partial charge in [0.15, 0.2) is 0 Å². The van der Waals surface area contributed by atoms with Crippen LogP contribution in [0.25, 0.3) is 44.4 Å². The molecule has 3 aromatic heterocycles. The van der Waals surface area contributed by atoms with Crippen molar-refractivity contribution >= 4 is 92.1 Å². The van der Waals surface area contributed by atoms with Crippen LogP contribution < -0.4 is 9.97 Å². The SMILES string of the molecule is CCCCCCCCCCCOC(=O)CC1=C(CC(=O)OCCCCCCCCCCC)c2cc3[n-]c(cc4[n-]c(cc5nc(cc1n2)C(CC(=O)OCCCCCCCCCCC)=C5CC(=O)OCCCCCCCCCCC)c(CC(=O)OCCCCCCCCCCC)c4CC(=O)OCCCCCCCCCCC)c(CC(=O)OCCCCCCCCCCC)c3CC(=O)OCCCCCCCCCCC.[Zn+2]. The second-order valence-electron chi connectivity index (χ2n) is 41.7. The second kappa shape index (κ2) is 88.7. The van der Waals surface area contributed by atoms with Gasteiger partial charge in [0.1, 0.15) is 0 Å². The van der Waals surface area contributed by atoms with E-state index < -0.39 is 47.8 Å². The first kappa shape index (κ1) is 130. The summed E-state index contributed by atoms with van der Waals surface area (Å²) in [6.45, 7) is 19.0. The minimum atomic E-state index is -0.569. The number of rotatable bonds is 96. The standard InChI is InChI=1S/C124H204N4O16.Zn/c1-9-17-25-33-41-49-57-65-73-81-137-117(129)89-101-102(90-118(130)138-82-74-66-58-50-42-34-26-18-10-2)110-98-112-105(93-121(133)141-85-77-69-61-53-45-37-29-21-13-5)106(94-122(134)142-86-78-70-62-54-46-38-30-22-14-6)114(127-112)100-116-108(96-124(136)144-88-80-72-64-56-48-40-32-24-16-8)107(95-123(135)143-87-79-71-63-55-47-39-31-23-15-7)115(128-116)99-113-104(92-120(132)140-84-76-68-60-52-44-36-28-20-12-4)103(111(126-113)97-109(101)125-110)91-119(131)139-83-75-67-59-51-43-35-27-19-11-3;/h97-100H,9-96H2,1-8H3;/q-2;+2. The summed E-state index contributed by atoms with van der Waals surface area (Å²) in [5.41, 5.74) is 4.06. The fourth-order valence-corrected chi connectivity index (χ4v) is 19.7. The maximum absolute atomic E-state index is 15.2. The Balaban J connectivity index is 0.0000438. The van der Waals surface area contributed by atoms with Gasteiger partial charge in [-0.25, -0.2) is 9.97 Å². The molecular weight excluding hydrogens is 1870 g/mol. The smallest absolute Gasteiger partial charge is 0.657 e. The molecule has 0 saturated heterocycles. The van der Waals surface area contributed by atoms with Gasteiger partial charge < -0.3 is 47.9 Å². The number of esters is 8. The Bertz CT molecular complexity index is 3920. The van der Waals surface area contributed by atoms with Crippen LogP contribution in [0.15, 0.2) is 24.3 Å². The molecule has 8 bridgehead atoms. The van der Waals surface area contributed by atoms with Gasteiger partial charge in [-0.1, -0.05) is 485 Å². The average molecular weight is 2070 g/mol. The molecule has 0 amide bonds. The average Bonchev–Trinajstić information content (AvgIpc) is 1.60. The van der Waals surface area contributed by atoms with E-state index in [0.717, 1.165) is 205 Å².